The largest absolute Gasteiger partial charge is 0.324 e. The number of nitrogens with zero attached hydrogens (tertiary/aromatic N) is 2. The number of hydrogen-bond acceptors (Lipinski definition) is 3. The Morgan fingerprint density at radius 1 is 0.944 bits per heavy atom. The third kappa shape index (κ3) is 3.25. The molecule has 1 N–H and O–H groups in total. The maximum absolute atomic E-state index is 11.1. The van der Waals surface area contributed by atoms with Gasteiger partial charge in [-0.05, 0) is 24.3 Å². The molecule has 0 atom stereocenters. The molecule has 4 heteroatoms. The molecule has 0 unspecified atom stereocenters. The van der Waals surface area contributed by atoms with Crippen LogP contribution >= 0.6 is 0 Å². The summed E-state index contributed by atoms with van der Waals surface area (Å²) in [6.07, 6.45) is 0. The summed E-state index contributed by atoms with van der Waals surface area (Å²) in [4.78, 5) is 11.1. The van der Waals surface area contributed by atoms with E-state index in [2.05, 4.69) is 15.5 Å². The molecule has 90 valence electrons. The first-order valence-electron chi connectivity index (χ1n) is 5.59. The lowest BCUT2D eigenvalue weighted by molar-refractivity contribution is -0.114. The molecule has 0 aromatic heterocycles. The van der Waals surface area contributed by atoms with Crippen LogP contribution in [0.3, 0.4) is 0 Å². The van der Waals surface area contributed by atoms with E-state index in [0.29, 0.717) is 11.4 Å². The lowest BCUT2D eigenvalue weighted by atomic mass is 10.2. The summed E-state index contributed by atoms with van der Waals surface area (Å²) in [6.45, 7) is 1.46. The van der Waals surface area contributed by atoms with Crippen LogP contribution in [-0.4, -0.2) is 5.91 Å². The van der Waals surface area contributed by atoms with Gasteiger partial charge in [-0.15, -0.1) is 5.11 Å². The van der Waals surface area contributed by atoms with Crippen molar-refractivity contribution in [2.24, 2.45) is 10.2 Å². The second-order valence-corrected chi connectivity index (χ2v) is 3.73. The number of benzene rings is 2. The first-order valence-corrected chi connectivity index (χ1v) is 5.59. The van der Waals surface area contributed by atoms with Crippen molar-refractivity contribution in [3.63, 3.8) is 0 Å². The van der Waals surface area contributed by atoms with Crippen molar-refractivity contribution in [1.82, 2.24) is 0 Å². The van der Waals surface area contributed by atoms with Crippen molar-refractivity contribution in [2.45, 2.75) is 6.92 Å². The van der Waals surface area contributed by atoms with E-state index in [1.807, 2.05) is 42.5 Å². The SMILES string of the molecule is CC(=O)Nc1ccccc1N=Nc1ccccc1. The van der Waals surface area contributed by atoms with Crippen molar-refractivity contribution < 1.29 is 4.79 Å². The summed E-state index contributed by atoms with van der Waals surface area (Å²) in [5, 5.41) is 11.0. The zero-order valence-corrected chi connectivity index (χ0v) is 10.00. The monoisotopic (exact) mass is 239 g/mol. The Labute approximate surface area is 105 Å². The predicted octanol–water partition coefficient (Wildman–Crippen LogP) is 4.06. The van der Waals surface area contributed by atoms with Crippen LogP contribution in [0.15, 0.2) is 64.8 Å². The van der Waals surface area contributed by atoms with E-state index >= 15 is 0 Å². The van der Waals surface area contributed by atoms with Crippen molar-refractivity contribution in [3.8, 4) is 0 Å². The molecular formula is C14H13N3O. The van der Waals surface area contributed by atoms with Crippen LogP contribution in [0, 0.1) is 0 Å². The number of para-hydroxylation sites is 1. The molecule has 0 fully saturated rings. The van der Waals surface area contributed by atoms with E-state index in [1.165, 1.54) is 6.92 Å². The highest BCUT2D eigenvalue weighted by Gasteiger charge is 2.01. The molecule has 0 saturated carbocycles. The van der Waals surface area contributed by atoms with Gasteiger partial charge in [-0.3, -0.25) is 4.79 Å². The summed E-state index contributed by atoms with van der Waals surface area (Å²) >= 11 is 0. The fraction of sp³-hybridized carbons (Fsp3) is 0.0714. The van der Waals surface area contributed by atoms with Gasteiger partial charge in [0.15, 0.2) is 0 Å². The van der Waals surface area contributed by atoms with Gasteiger partial charge < -0.3 is 5.32 Å². The van der Waals surface area contributed by atoms with E-state index in [1.54, 1.807) is 12.1 Å². The highest BCUT2D eigenvalue weighted by Crippen LogP contribution is 2.26. The molecular weight excluding hydrogens is 226 g/mol. The third-order valence-electron chi connectivity index (χ3n) is 2.24. The minimum absolute atomic E-state index is 0.127. The molecule has 2 aromatic carbocycles. The van der Waals surface area contributed by atoms with Crippen LogP contribution in [0.4, 0.5) is 17.1 Å². The average molecular weight is 239 g/mol. The third-order valence-corrected chi connectivity index (χ3v) is 2.24. The van der Waals surface area contributed by atoms with E-state index < -0.39 is 0 Å². The first-order chi connectivity index (χ1) is 8.75. The quantitative estimate of drug-likeness (QED) is 0.807. The fourth-order valence-electron chi connectivity index (χ4n) is 1.46. The summed E-state index contributed by atoms with van der Waals surface area (Å²) in [5.74, 6) is -0.127. The molecule has 0 heterocycles. The van der Waals surface area contributed by atoms with Gasteiger partial charge in [0.1, 0.15) is 5.69 Å². The van der Waals surface area contributed by atoms with E-state index in [4.69, 9.17) is 0 Å². The van der Waals surface area contributed by atoms with Crippen LogP contribution in [0.2, 0.25) is 0 Å². The number of azo groups is 1. The number of anilines is 1. The van der Waals surface area contributed by atoms with Gasteiger partial charge in [0.05, 0.1) is 11.4 Å². The minimum atomic E-state index is -0.127. The number of carbonyl (C=O) groups excluding carboxylic acids is 1. The van der Waals surface area contributed by atoms with Crippen molar-refractivity contribution in [2.75, 3.05) is 5.32 Å². The molecule has 0 saturated heterocycles. The molecule has 0 aliphatic heterocycles. The summed E-state index contributed by atoms with van der Waals surface area (Å²) < 4.78 is 0. The Hall–Kier alpha value is -2.49. The Bertz CT molecular complexity index is 564. The molecule has 0 bridgehead atoms. The van der Waals surface area contributed by atoms with Crippen LogP contribution in [0.1, 0.15) is 6.92 Å². The number of nitrogens with one attached hydrogen (secondary N) is 1. The van der Waals surface area contributed by atoms with E-state index in [9.17, 15) is 4.79 Å². The summed E-state index contributed by atoms with van der Waals surface area (Å²) in [7, 11) is 0. The molecule has 0 spiro atoms. The lowest BCUT2D eigenvalue weighted by Crippen LogP contribution is -2.05. The number of carbonyl (C=O) groups is 1. The first kappa shape index (κ1) is 12.0. The Kier molecular flexibility index (Phi) is 3.81. The Morgan fingerprint density at radius 3 is 2.33 bits per heavy atom. The van der Waals surface area contributed by atoms with Crippen LogP contribution in [0.25, 0.3) is 0 Å². The van der Waals surface area contributed by atoms with Crippen molar-refractivity contribution >= 4 is 23.0 Å². The van der Waals surface area contributed by atoms with Gasteiger partial charge in [0, 0.05) is 6.92 Å². The molecule has 0 aliphatic carbocycles. The highest BCUT2D eigenvalue weighted by molar-refractivity contribution is 5.91. The molecule has 2 aromatic rings. The maximum atomic E-state index is 11.1. The topological polar surface area (TPSA) is 53.8 Å². The zero-order valence-electron chi connectivity index (χ0n) is 10.00. The smallest absolute Gasteiger partial charge is 0.221 e. The lowest BCUT2D eigenvalue weighted by Gasteiger charge is -2.04. The van der Waals surface area contributed by atoms with Gasteiger partial charge in [-0.2, -0.15) is 5.11 Å². The van der Waals surface area contributed by atoms with Crippen molar-refractivity contribution in [3.05, 3.63) is 54.6 Å². The molecule has 2 rings (SSSR count). The molecule has 0 radical (unpaired) electrons. The average Bonchev–Trinajstić information content (AvgIpc) is 2.38. The maximum Gasteiger partial charge on any atom is 0.221 e. The van der Waals surface area contributed by atoms with Crippen molar-refractivity contribution in [1.29, 1.82) is 0 Å². The molecule has 4 nitrogen and oxygen atoms in total. The van der Waals surface area contributed by atoms with Crippen LogP contribution in [0.5, 0.6) is 0 Å². The van der Waals surface area contributed by atoms with Gasteiger partial charge in [0.25, 0.3) is 0 Å². The Balaban J connectivity index is 2.23. The summed E-state index contributed by atoms with van der Waals surface area (Å²) in [6, 6.07) is 16.7. The van der Waals surface area contributed by atoms with Gasteiger partial charge in [-0.25, -0.2) is 0 Å². The van der Waals surface area contributed by atoms with Gasteiger partial charge in [-0.1, -0.05) is 30.3 Å². The second-order valence-electron chi connectivity index (χ2n) is 3.73. The molecule has 0 aliphatic rings. The van der Waals surface area contributed by atoms with Gasteiger partial charge in [0.2, 0.25) is 5.91 Å². The fourth-order valence-corrected chi connectivity index (χ4v) is 1.46. The van der Waals surface area contributed by atoms with Crippen LogP contribution < -0.4 is 5.32 Å². The summed E-state index contributed by atoms with van der Waals surface area (Å²) in [5.41, 5.74) is 2.07. The number of rotatable bonds is 3. The minimum Gasteiger partial charge on any atom is -0.324 e. The number of amides is 1. The Morgan fingerprint density at radius 2 is 1.61 bits per heavy atom. The standard InChI is InChI=1S/C14H13N3O/c1-11(18)15-13-9-5-6-10-14(13)17-16-12-7-3-2-4-8-12/h2-10H,1H3,(H,15,18). The van der Waals surface area contributed by atoms with Gasteiger partial charge >= 0.3 is 0 Å². The molecule has 18 heavy (non-hydrogen) atoms. The zero-order chi connectivity index (χ0) is 12.8. The highest BCUT2D eigenvalue weighted by atomic mass is 16.1. The van der Waals surface area contributed by atoms with E-state index in [-0.39, 0.29) is 5.91 Å². The molecule has 1 amide bonds. The normalized spacial score (nSPS) is 10.5. The van der Waals surface area contributed by atoms with E-state index in [0.717, 1.165) is 5.69 Å². The number of hydrogen-bond donors (Lipinski definition) is 1. The predicted molar refractivity (Wildman–Crippen MR) is 71.4 cm³/mol. The second kappa shape index (κ2) is 5.72. The van der Waals surface area contributed by atoms with Crippen LogP contribution in [-0.2, 0) is 4.79 Å².